The van der Waals surface area contributed by atoms with Crippen molar-refractivity contribution in [2.24, 2.45) is 0 Å². The average molecular weight is 385 g/mol. The number of hydrogen-bond acceptors (Lipinski definition) is 4. The van der Waals surface area contributed by atoms with Crippen molar-refractivity contribution >= 4 is 44.6 Å². The Morgan fingerprint density at radius 2 is 1.92 bits per heavy atom. The molecule has 0 aliphatic carbocycles. The zero-order valence-corrected chi connectivity index (χ0v) is 15.2. The van der Waals surface area contributed by atoms with Gasteiger partial charge in [-0.05, 0) is 37.1 Å². The fourth-order valence-electron chi connectivity index (χ4n) is 2.75. The Bertz CT molecular complexity index is 821. The van der Waals surface area contributed by atoms with Gasteiger partial charge in [0.15, 0.2) is 0 Å². The van der Waals surface area contributed by atoms with Gasteiger partial charge in [0.1, 0.15) is 10.3 Å². The summed E-state index contributed by atoms with van der Waals surface area (Å²) in [4.78, 5) is 12.6. The van der Waals surface area contributed by atoms with Crippen LogP contribution in [0, 0.1) is 0 Å². The molecule has 3 rings (SSSR count). The van der Waals surface area contributed by atoms with Crippen LogP contribution in [-0.2, 0) is 14.8 Å². The van der Waals surface area contributed by atoms with Crippen LogP contribution in [0.25, 0.3) is 0 Å². The first-order chi connectivity index (χ1) is 11.5. The topological polar surface area (TPSA) is 66.5 Å². The van der Waals surface area contributed by atoms with Crippen molar-refractivity contribution in [2.45, 2.75) is 29.5 Å². The Labute approximate surface area is 150 Å². The SMILES string of the molecule is O=C(Nc1ccccc1)C1CCCCN1S(=O)(=O)c1ccc(Cl)s1. The molecule has 0 saturated carbocycles. The zero-order chi connectivity index (χ0) is 17.2. The molecule has 1 saturated heterocycles. The second-order valence-electron chi connectivity index (χ2n) is 5.54. The minimum absolute atomic E-state index is 0.173. The van der Waals surface area contributed by atoms with E-state index in [9.17, 15) is 13.2 Å². The Morgan fingerprint density at radius 1 is 1.17 bits per heavy atom. The number of carbonyl (C=O) groups excluding carboxylic acids is 1. The summed E-state index contributed by atoms with van der Waals surface area (Å²) < 4.78 is 27.6. The van der Waals surface area contributed by atoms with E-state index in [1.165, 1.54) is 10.4 Å². The number of para-hydroxylation sites is 1. The molecule has 1 N–H and O–H groups in total. The van der Waals surface area contributed by atoms with Crippen molar-refractivity contribution in [3.05, 3.63) is 46.8 Å². The lowest BCUT2D eigenvalue weighted by Crippen LogP contribution is -2.49. The predicted octanol–water partition coefficient (Wildman–Crippen LogP) is 3.58. The highest BCUT2D eigenvalue weighted by molar-refractivity contribution is 7.91. The highest BCUT2D eigenvalue weighted by Crippen LogP contribution is 2.32. The van der Waals surface area contributed by atoms with Gasteiger partial charge in [-0.3, -0.25) is 4.79 Å². The Hall–Kier alpha value is -1.41. The van der Waals surface area contributed by atoms with Crippen LogP contribution < -0.4 is 5.32 Å². The standard InChI is InChI=1S/C16H17ClN2O3S2/c17-14-9-10-15(23-14)24(21,22)19-11-5-4-8-13(19)16(20)18-12-6-2-1-3-7-12/h1-3,6-7,9-10,13H,4-5,8,11H2,(H,18,20). The third-order valence-electron chi connectivity index (χ3n) is 3.91. The lowest BCUT2D eigenvalue weighted by Gasteiger charge is -2.33. The summed E-state index contributed by atoms with van der Waals surface area (Å²) in [5, 5.41) is 2.80. The van der Waals surface area contributed by atoms with Crippen LogP contribution >= 0.6 is 22.9 Å². The molecule has 1 aromatic heterocycles. The lowest BCUT2D eigenvalue weighted by molar-refractivity contribution is -0.120. The average Bonchev–Trinajstić information content (AvgIpc) is 3.03. The molecular formula is C16H17ClN2O3S2. The van der Waals surface area contributed by atoms with Gasteiger partial charge in [-0.2, -0.15) is 4.31 Å². The Kier molecular flexibility index (Phi) is 5.24. The highest BCUT2D eigenvalue weighted by atomic mass is 35.5. The molecule has 0 bridgehead atoms. The van der Waals surface area contributed by atoms with Gasteiger partial charge in [0.25, 0.3) is 10.0 Å². The minimum atomic E-state index is -3.72. The van der Waals surface area contributed by atoms with Crippen LogP contribution in [0.3, 0.4) is 0 Å². The van der Waals surface area contributed by atoms with Gasteiger partial charge >= 0.3 is 0 Å². The number of piperidine rings is 1. The number of nitrogens with one attached hydrogen (secondary N) is 1. The van der Waals surface area contributed by atoms with Crippen molar-refractivity contribution in [2.75, 3.05) is 11.9 Å². The van der Waals surface area contributed by atoms with Gasteiger partial charge in [-0.25, -0.2) is 8.42 Å². The number of amides is 1. The van der Waals surface area contributed by atoms with Gasteiger partial charge in [-0.15, -0.1) is 11.3 Å². The van der Waals surface area contributed by atoms with Crippen molar-refractivity contribution < 1.29 is 13.2 Å². The number of hydrogen-bond donors (Lipinski definition) is 1. The maximum atomic E-state index is 12.9. The van der Waals surface area contributed by atoms with Crippen molar-refractivity contribution in [3.63, 3.8) is 0 Å². The summed E-state index contributed by atoms with van der Waals surface area (Å²) in [6.07, 6.45) is 2.08. The maximum Gasteiger partial charge on any atom is 0.253 e. The van der Waals surface area contributed by atoms with Crippen LogP contribution in [0.15, 0.2) is 46.7 Å². The number of benzene rings is 1. The first kappa shape index (κ1) is 17.4. The quantitative estimate of drug-likeness (QED) is 0.876. The van der Waals surface area contributed by atoms with E-state index in [0.29, 0.717) is 23.0 Å². The van der Waals surface area contributed by atoms with E-state index in [2.05, 4.69) is 5.32 Å². The summed E-state index contributed by atoms with van der Waals surface area (Å²) >= 11 is 6.88. The van der Waals surface area contributed by atoms with E-state index in [4.69, 9.17) is 11.6 Å². The highest BCUT2D eigenvalue weighted by Gasteiger charge is 2.38. The van der Waals surface area contributed by atoms with E-state index in [-0.39, 0.29) is 10.1 Å². The normalized spacial score (nSPS) is 19.1. The van der Waals surface area contributed by atoms with Crippen molar-refractivity contribution in [1.29, 1.82) is 0 Å². The number of anilines is 1. The molecule has 1 amide bonds. The summed E-state index contributed by atoms with van der Waals surface area (Å²) in [5.41, 5.74) is 0.657. The third-order valence-corrected chi connectivity index (χ3v) is 7.52. The number of halogens is 1. The molecule has 1 aliphatic rings. The fourth-order valence-corrected chi connectivity index (χ4v) is 6.02. The molecule has 1 aromatic carbocycles. The molecule has 2 heterocycles. The van der Waals surface area contributed by atoms with Crippen LogP contribution in [-0.4, -0.2) is 31.2 Å². The molecular weight excluding hydrogens is 368 g/mol. The predicted molar refractivity (Wildman–Crippen MR) is 95.9 cm³/mol. The van der Waals surface area contributed by atoms with Gasteiger partial charge in [0, 0.05) is 12.2 Å². The first-order valence-electron chi connectivity index (χ1n) is 7.61. The van der Waals surface area contributed by atoms with Gasteiger partial charge in [0.2, 0.25) is 5.91 Å². The molecule has 8 heteroatoms. The lowest BCUT2D eigenvalue weighted by atomic mass is 10.0. The van der Waals surface area contributed by atoms with Crippen molar-refractivity contribution in [3.8, 4) is 0 Å². The van der Waals surface area contributed by atoms with Gasteiger partial charge in [0.05, 0.1) is 4.34 Å². The summed E-state index contributed by atoms with van der Waals surface area (Å²) in [6.45, 7) is 0.338. The fraction of sp³-hybridized carbons (Fsp3) is 0.312. The van der Waals surface area contributed by atoms with Gasteiger partial charge < -0.3 is 5.32 Å². The second-order valence-corrected chi connectivity index (χ2v) is 9.37. The second kappa shape index (κ2) is 7.23. The molecule has 2 aromatic rings. The molecule has 5 nitrogen and oxygen atoms in total. The Balaban J connectivity index is 1.84. The Morgan fingerprint density at radius 3 is 2.58 bits per heavy atom. The number of carbonyl (C=O) groups is 1. The monoisotopic (exact) mass is 384 g/mol. The van der Waals surface area contributed by atoms with E-state index in [0.717, 1.165) is 24.2 Å². The van der Waals surface area contributed by atoms with Crippen LogP contribution in [0.4, 0.5) is 5.69 Å². The van der Waals surface area contributed by atoms with E-state index >= 15 is 0 Å². The van der Waals surface area contributed by atoms with Crippen molar-refractivity contribution in [1.82, 2.24) is 4.31 Å². The molecule has 24 heavy (non-hydrogen) atoms. The molecule has 1 fully saturated rings. The van der Waals surface area contributed by atoms with Crippen LogP contribution in [0.5, 0.6) is 0 Å². The van der Waals surface area contributed by atoms with Gasteiger partial charge in [-0.1, -0.05) is 36.2 Å². The number of nitrogens with zero attached hydrogens (tertiary/aromatic N) is 1. The van der Waals surface area contributed by atoms with E-state index < -0.39 is 16.1 Å². The van der Waals surface area contributed by atoms with Crippen LogP contribution in [0.1, 0.15) is 19.3 Å². The zero-order valence-electron chi connectivity index (χ0n) is 12.8. The summed E-state index contributed by atoms with van der Waals surface area (Å²) in [5.74, 6) is -0.299. The number of sulfonamides is 1. The molecule has 128 valence electrons. The largest absolute Gasteiger partial charge is 0.325 e. The maximum absolute atomic E-state index is 12.9. The molecule has 1 unspecified atom stereocenters. The molecule has 0 spiro atoms. The number of rotatable bonds is 4. The third kappa shape index (κ3) is 3.64. The van der Waals surface area contributed by atoms with Crippen LogP contribution in [0.2, 0.25) is 4.34 Å². The smallest absolute Gasteiger partial charge is 0.253 e. The summed E-state index contributed by atoms with van der Waals surface area (Å²) in [6, 6.07) is 11.4. The number of thiophene rings is 1. The van der Waals surface area contributed by atoms with E-state index in [1.807, 2.05) is 18.2 Å². The van der Waals surface area contributed by atoms with E-state index in [1.54, 1.807) is 18.2 Å². The molecule has 1 atom stereocenters. The molecule has 1 aliphatic heterocycles. The minimum Gasteiger partial charge on any atom is -0.325 e. The molecule has 0 radical (unpaired) electrons. The summed E-state index contributed by atoms with van der Waals surface area (Å²) in [7, 11) is -3.72. The first-order valence-corrected chi connectivity index (χ1v) is 10.2.